The molecule has 9 nitrogen and oxygen atoms in total. The topological polar surface area (TPSA) is 122 Å². The second-order valence-electron chi connectivity index (χ2n) is 9.72. The van der Waals surface area contributed by atoms with Crippen LogP contribution in [0.4, 0.5) is 17.1 Å². The zero-order chi connectivity index (χ0) is 31.2. The molecule has 1 aromatic heterocycles. The van der Waals surface area contributed by atoms with Crippen molar-refractivity contribution in [1.82, 2.24) is 4.98 Å². The van der Waals surface area contributed by atoms with Crippen LogP contribution in [0, 0.1) is 0 Å². The van der Waals surface area contributed by atoms with E-state index in [-0.39, 0.29) is 11.9 Å². The number of carbonyl (C=O) groups is 2. The standard InChI is InChI=1S/C23H20N2O4.C12H11NO2/c1-27-21-12-18-19(9-10-24-20(18)13-22(21)28-2)25-15-7-8-16-14(11-15)5-4-6-17(16)23(26)29-3;1-15-12(14)11-4-2-3-8-7-9(13)5-6-10(8)11/h4-13H,1-3H3,(H,24,25);2-7H,13H2,1H3. The molecule has 1 heterocycles. The van der Waals surface area contributed by atoms with Gasteiger partial charge in [-0.15, -0.1) is 0 Å². The summed E-state index contributed by atoms with van der Waals surface area (Å²) in [5, 5.41) is 7.93. The molecule has 0 fully saturated rings. The van der Waals surface area contributed by atoms with Crippen molar-refractivity contribution in [3.8, 4) is 11.5 Å². The number of methoxy groups -OCH3 is 4. The summed E-state index contributed by atoms with van der Waals surface area (Å²) in [5.41, 5.74) is 10.0. The first kappa shape index (κ1) is 29.7. The highest BCUT2D eigenvalue weighted by atomic mass is 16.5. The minimum Gasteiger partial charge on any atom is -0.493 e. The van der Waals surface area contributed by atoms with Crippen molar-refractivity contribution < 1.29 is 28.5 Å². The Labute approximate surface area is 254 Å². The van der Waals surface area contributed by atoms with E-state index in [0.29, 0.717) is 28.3 Å². The molecular weight excluding hydrogens is 558 g/mol. The molecule has 0 unspecified atom stereocenters. The van der Waals surface area contributed by atoms with Crippen molar-refractivity contribution in [3.63, 3.8) is 0 Å². The van der Waals surface area contributed by atoms with Gasteiger partial charge >= 0.3 is 11.9 Å². The number of pyridine rings is 1. The lowest BCUT2D eigenvalue weighted by atomic mass is 10.0. The molecule has 9 heteroatoms. The van der Waals surface area contributed by atoms with E-state index in [1.807, 2.05) is 72.8 Å². The Morgan fingerprint density at radius 2 is 1.25 bits per heavy atom. The molecule has 0 atom stereocenters. The van der Waals surface area contributed by atoms with Crippen molar-refractivity contribution in [2.45, 2.75) is 0 Å². The van der Waals surface area contributed by atoms with Gasteiger partial charge in [-0.3, -0.25) is 4.98 Å². The number of aromatic nitrogens is 1. The third-order valence-electron chi connectivity index (χ3n) is 7.12. The highest BCUT2D eigenvalue weighted by Gasteiger charge is 2.13. The number of esters is 2. The first-order valence-electron chi connectivity index (χ1n) is 13.6. The number of nitrogens with one attached hydrogen (secondary N) is 1. The maximum absolute atomic E-state index is 12.0. The number of anilines is 3. The molecule has 0 aliphatic carbocycles. The molecule has 0 spiro atoms. The molecule has 6 rings (SSSR count). The number of nitrogen functional groups attached to an aromatic ring is 1. The summed E-state index contributed by atoms with van der Waals surface area (Å²) in [6.45, 7) is 0. The van der Waals surface area contributed by atoms with Gasteiger partial charge in [0, 0.05) is 34.7 Å². The first-order chi connectivity index (χ1) is 21.4. The Kier molecular flexibility index (Phi) is 8.76. The Bertz CT molecular complexity index is 2010. The average molecular weight is 590 g/mol. The number of nitrogens with zero attached hydrogens (tertiary/aromatic N) is 1. The van der Waals surface area contributed by atoms with E-state index >= 15 is 0 Å². The van der Waals surface area contributed by atoms with Gasteiger partial charge in [-0.05, 0) is 70.1 Å². The van der Waals surface area contributed by atoms with Crippen molar-refractivity contribution in [2.24, 2.45) is 0 Å². The van der Waals surface area contributed by atoms with Gasteiger partial charge in [0.2, 0.25) is 0 Å². The zero-order valence-electron chi connectivity index (χ0n) is 24.7. The van der Waals surface area contributed by atoms with E-state index in [9.17, 15) is 9.59 Å². The molecular formula is C35H31N3O6. The van der Waals surface area contributed by atoms with E-state index in [2.05, 4.69) is 10.3 Å². The molecule has 0 aliphatic rings. The normalized spacial score (nSPS) is 10.5. The van der Waals surface area contributed by atoms with Crippen molar-refractivity contribution >= 4 is 61.4 Å². The van der Waals surface area contributed by atoms with Crippen molar-refractivity contribution in [3.05, 3.63) is 108 Å². The third kappa shape index (κ3) is 6.03. The van der Waals surface area contributed by atoms with E-state index in [1.54, 1.807) is 38.6 Å². The summed E-state index contributed by atoms with van der Waals surface area (Å²) in [6.07, 6.45) is 1.74. The maximum Gasteiger partial charge on any atom is 0.338 e. The summed E-state index contributed by atoms with van der Waals surface area (Å²) < 4.78 is 20.4. The molecule has 0 aliphatic heterocycles. The van der Waals surface area contributed by atoms with Crippen LogP contribution in [0.5, 0.6) is 11.5 Å². The Hall–Kier alpha value is -5.83. The van der Waals surface area contributed by atoms with Crippen molar-refractivity contribution in [2.75, 3.05) is 39.5 Å². The second-order valence-corrected chi connectivity index (χ2v) is 9.72. The minimum atomic E-state index is -0.350. The molecule has 5 aromatic carbocycles. The van der Waals surface area contributed by atoms with E-state index in [1.165, 1.54) is 14.2 Å². The van der Waals surface area contributed by atoms with Crippen molar-refractivity contribution in [1.29, 1.82) is 0 Å². The fourth-order valence-electron chi connectivity index (χ4n) is 4.98. The minimum absolute atomic E-state index is 0.328. The molecule has 0 saturated heterocycles. The van der Waals surface area contributed by atoms with Gasteiger partial charge in [0.05, 0.1) is 45.1 Å². The van der Waals surface area contributed by atoms with Gasteiger partial charge in [-0.1, -0.05) is 36.4 Å². The highest BCUT2D eigenvalue weighted by molar-refractivity contribution is 6.06. The highest BCUT2D eigenvalue weighted by Crippen LogP contribution is 2.36. The summed E-state index contributed by atoms with van der Waals surface area (Å²) >= 11 is 0. The number of carbonyl (C=O) groups excluding carboxylic acids is 2. The second kappa shape index (κ2) is 13.0. The van der Waals surface area contributed by atoms with Gasteiger partial charge in [-0.25, -0.2) is 9.59 Å². The molecule has 222 valence electrons. The number of nitrogens with two attached hydrogens (primary N) is 1. The smallest absolute Gasteiger partial charge is 0.338 e. The Morgan fingerprint density at radius 1 is 0.659 bits per heavy atom. The van der Waals surface area contributed by atoms with Crippen LogP contribution in [0.15, 0.2) is 97.2 Å². The summed E-state index contributed by atoms with van der Waals surface area (Å²) in [4.78, 5) is 27.9. The SMILES string of the molecule is COC(=O)c1cccc2cc(N)ccc12.COC(=O)c1cccc2cc(Nc3ccnc4cc(OC)c(OC)cc34)ccc12. The van der Waals surface area contributed by atoms with E-state index < -0.39 is 0 Å². The fourth-order valence-corrected chi connectivity index (χ4v) is 4.98. The quantitative estimate of drug-likeness (QED) is 0.154. The number of hydrogen-bond donors (Lipinski definition) is 2. The largest absolute Gasteiger partial charge is 0.493 e. The summed E-state index contributed by atoms with van der Waals surface area (Å²) in [6, 6.07) is 28.0. The van der Waals surface area contributed by atoms with Crippen LogP contribution in [0.2, 0.25) is 0 Å². The number of ether oxygens (including phenoxy) is 4. The Morgan fingerprint density at radius 3 is 1.86 bits per heavy atom. The predicted molar refractivity (Wildman–Crippen MR) is 173 cm³/mol. The Balaban J connectivity index is 0.000000215. The molecule has 0 radical (unpaired) electrons. The van der Waals surface area contributed by atoms with Crippen LogP contribution < -0.4 is 20.5 Å². The molecule has 0 amide bonds. The molecule has 44 heavy (non-hydrogen) atoms. The van der Waals surface area contributed by atoms with Gasteiger partial charge in [0.1, 0.15) is 0 Å². The lowest BCUT2D eigenvalue weighted by Crippen LogP contribution is -2.02. The van der Waals surface area contributed by atoms with Crippen LogP contribution in [-0.2, 0) is 9.47 Å². The first-order valence-corrected chi connectivity index (χ1v) is 13.6. The fraction of sp³-hybridized carbons (Fsp3) is 0.114. The summed E-state index contributed by atoms with van der Waals surface area (Å²) in [5.74, 6) is 0.589. The summed E-state index contributed by atoms with van der Waals surface area (Å²) in [7, 11) is 5.96. The number of rotatable bonds is 6. The lowest BCUT2D eigenvalue weighted by molar-refractivity contribution is 0.0594. The van der Waals surface area contributed by atoms with Gasteiger partial charge in [0.25, 0.3) is 0 Å². The molecule has 0 saturated carbocycles. The molecule has 6 aromatic rings. The van der Waals surface area contributed by atoms with E-state index in [4.69, 9.17) is 24.7 Å². The van der Waals surface area contributed by atoms with Gasteiger partial charge < -0.3 is 30.0 Å². The van der Waals surface area contributed by atoms with Gasteiger partial charge in [-0.2, -0.15) is 0 Å². The maximum atomic E-state index is 12.0. The van der Waals surface area contributed by atoms with Crippen LogP contribution in [0.1, 0.15) is 20.7 Å². The monoisotopic (exact) mass is 589 g/mol. The zero-order valence-corrected chi connectivity index (χ0v) is 24.7. The molecule has 3 N–H and O–H groups in total. The van der Waals surface area contributed by atoms with Crippen LogP contribution in [0.25, 0.3) is 32.4 Å². The lowest BCUT2D eigenvalue weighted by Gasteiger charge is -2.13. The average Bonchev–Trinajstić information content (AvgIpc) is 3.06. The number of benzene rings is 5. The van der Waals surface area contributed by atoms with Crippen LogP contribution in [0.3, 0.4) is 0 Å². The van der Waals surface area contributed by atoms with E-state index in [0.717, 1.165) is 43.8 Å². The number of fused-ring (bicyclic) bond motifs is 3. The van der Waals surface area contributed by atoms with Crippen LogP contribution in [-0.4, -0.2) is 45.4 Å². The molecule has 0 bridgehead atoms. The van der Waals surface area contributed by atoms with Crippen LogP contribution >= 0.6 is 0 Å². The predicted octanol–water partition coefficient (Wildman–Crippen LogP) is 7.14. The third-order valence-corrected chi connectivity index (χ3v) is 7.12. The number of hydrogen-bond acceptors (Lipinski definition) is 9. The van der Waals surface area contributed by atoms with Gasteiger partial charge in [0.15, 0.2) is 11.5 Å².